The van der Waals surface area contributed by atoms with Crippen LogP contribution in [0.4, 0.5) is 0 Å². The number of fused-ring (bicyclic) bond motifs is 1. The van der Waals surface area contributed by atoms with Gasteiger partial charge in [-0.05, 0) is 34.5 Å². The molecule has 1 saturated heterocycles. The Morgan fingerprint density at radius 1 is 1.19 bits per heavy atom. The predicted molar refractivity (Wildman–Crippen MR) is 102 cm³/mol. The van der Waals surface area contributed by atoms with Crippen LogP contribution in [0.25, 0.3) is 10.8 Å². The van der Waals surface area contributed by atoms with E-state index in [1.807, 2.05) is 48.5 Å². The van der Waals surface area contributed by atoms with Crippen molar-refractivity contribution in [2.75, 3.05) is 6.54 Å². The molecular weight excluding hydrogens is 342 g/mol. The van der Waals surface area contributed by atoms with Crippen molar-refractivity contribution >= 4 is 28.8 Å². The van der Waals surface area contributed by atoms with Crippen LogP contribution < -0.4 is 5.43 Å². The molecule has 0 bridgehead atoms. The Kier molecular flexibility index (Phi) is 4.70. The number of nitrogens with one attached hydrogen (secondary N) is 1. The molecule has 2 aromatic carbocycles. The topological polar surface area (TPSA) is 74.9 Å². The van der Waals surface area contributed by atoms with Crippen LogP contribution in [0.15, 0.2) is 70.4 Å². The van der Waals surface area contributed by atoms with Crippen LogP contribution >= 0.6 is 0 Å². The molecule has 6 nitrogen and oxygen atoms in total. The number of hydrogen-bond donors (Lipinski definition) is 1. The number of hydrazone groups is 1. The highest BCUT2D eigenvalue weighted by atomic mass is 16.3. The number of hydrogen-bond acceptors (Lipinski definition) is 4. The van der Waals surface area contributed by atoms with E-state index in [4.69, 9.17) is 4.42 Å². The molecule has 1 unspecified atom stereocenters. The van der Waals surface area contributed by atoms with Gasteiger partial charge in [0.15, 0.2) is 0 Å². The number of amides is 2. The molecule has 0 aliphatic carbocycles. The van der Waals surface area contributed by atoms with Gasteiger partial charge in [-0.25, -0.2) is 5.43 Å². The Morgan fingerprint density at radius 3 is 2.85 bits per heavy atom. The number of carbonyl (C=O) groups excluding carboxylic acids is 2. The van der Waals surface area contributed by atoms with Crippen molar-refractivity contribution in [1.82, 2.24) is 10.3 Å². The number of furan rings is 1. The minimum absolute atomic E-state index is 0.0509. The summed E-state index contributed by atoms with van der Waals surface area (Å²) in [6.45, 7) is 0.757. The predicted octanol–water partition coefficient (Wildman–Crippen LogP) is 2.93. The quantitative estimate of drug-likeness (QED) is 0.561. The maximum atomic E-state index is 12.3. The molecule has 0 saturated carbocycles. The van der Waals surface area contributed by atoms with Gasteiger partial charge >= 0.3 is 0 Å². The molecule has 136 valence electrons. The Labute approximate surface area is 156 Å². The Balaban J connectivity index is 1.34. The van der Waals surface area contributed by atoms with Crippen LogP contribution in [-0.4, -0.2) is 29.5 Å². The molecule has 2 amide bonds. The molecule has 27 heavy (non-hydrogen) atoms. The lowest BCUT2D eigenvalue weighted by Gasteiger charge is -2.14. The first-order valence-electron chi connectivity index (χ1n) is 8.81. The Hall–Kier alpha value is -3.41. The summed E-state index contributed by atoms with van der Waals surface area (Å²) in [7, 11) is 0. The molecule has 1 atom stereocenters. The third-order valence-corrected chi connectivity index (χ3v) is 4.67. The molecule has 1 fully saturated rings. The highest BCUT2D eigenvalue weighted by molar-refractivity contribution is 5.92. The Bertz CT molecular complexity index is 995. The van der Waals surface area contributed by atoms with E-state index in [1.165, 1.54) is 0 Å². The maximum absolute atomic E-state index is 12.3. The molecule has 1 N–H and O–H groups in total. The van der Waals surface area contributed by atoms with Crippen LogP contribution in [0, 0.1) is 5.92 Å². The largest absolute Gasteiger partial charge is 0.467 e. The average molecular weight is 361 g/mol. The van der Waals surface area contributed by atoms with Crippen molar-refractivity contribution < 1.29 is 14.0 Å². The molecule has 1 aliphatic rings. The minimum atomic E-state index is -0.402. The van der Waals surface area contributed by atoms with Gasteiger partial charge in [0.05, 0.1) is 24.9 Å². The number of likely N-dealkylation sites (tertiary alicyclic amines) is 1. The Morgan fingerprint density at radius 2 is 2.04 bits per heavy atom. The van der Waals surface area contributed by atoms with E-state index >= 15 is 0 Å². The molecule has 1 aromatic heterocycles. The maximum Gasteiger partial charge on any atom is 0.245 e. The lowest BCUT2D eigenvalue weighted by atomic mass is 10.1. The van der Waals surface area contributed by atoms with E-state index < -0.39 is 5.92 Å². The van der Waals surface area contributed by atoms with Gasteiger partial charge in [0.1, 0.15) is 5.76 Å². The second-order valence-electron chi connectivity index (χ2n) is 6.60. The summed E-state index contributed by atoms with van der Waals surface area (Å²) in [5.41, 5.74) is 3.45. The summed E-state index contributed by atoms with van der Waals surface area (Å²) >= 11 is 0. The van der Waals surface area contributed by atoms with Crippen LogP contribution in [-0.2, 0) is 16.1 Å². The smallest absolute Gasteiger partial charge is 0.245 e. The van der Waals surface area contributed by atoms with E-state index in [0.717, 1.165) is 16.3 Å². The van der Waals surface area contributed by atoms with E-state index in [1.54, 1.807) is 23.4 Å². The zero-order valence-electron chi connectivity index (χ0n) is 14.7. The van der Waals surface area contributed by atoms with Crippen LogP contribution in [0.2, 0.25) is 0 Å². The highest BCUT2D eigenvalue weighted by Gasteiger charge is 2.34. The summed E-state index contributed by atoms with van der Waals surface area (Å²) in [6.07, 6.45) is 3.38. The highest BCUT2D eigenvalue weighted by Crippen LogP contribution is 2.20. The molecule has 1 aliphatic heterocycles. The van der Waals surface area contributed by atoms with Crippen LogP contribution in [0.3, 0.4) is 0 Å². The van der Waals surface area contributed by atoms with Crippen LogP contribution in [0.5, 0.6) is 0 Å². The van der Waals surface area contributed by atoms with E-state index in [0.29, 0.717) is 18.8 Å². The first kappa shape index (κ1) is 17.0. The van der Waals surface area contributed by atoms with Crippen molar-refractivity contribution in [2.24, 2.45) is 11.0 Å². The number of nitrogens with zero attached hydrogens (tertiary/aromatic N) is 2. The number of carbonyl (C=O) groups is 2. The summed E-state index contributed by atoms with van der Waals surface area (Å²) in [5, 5.41) is 6.31. The van der Waals surface area contributed by atoms with Gasteiger partial charge < -0.3 is 9.32 Å². The van der Waals surface area contributed by atoms with Crippen molar-refractivity contribution in [3.8, 4) is 0 Å². The van der Waals surface area contributed by atoms with Gasteiger partial charge in [-0.3, -0.25) is 9.59 Å². The third-order valence-electron chi connectivity index (χ3n) is 4.67. The SMILES string of the molecule is O=C(N/N=C/c1ccc2ccccc2c1)C1CC(=O)N(Cc2ccco2)C1. The molecule has 4 rings (SSSR count). The van der Waals surface area contributed by atoms with Gasteiger partial charge in [-0.1, -0.05) is 36.4 Å². The summed E-state index contributed by atoms with van der Waals surface area (Å²) in [4.78, 5) is 26.1. The molecule has 0 radical (unpaired) electrons. The molecular formula is C21H19N3O3. The van der Waals surface area contributed by atoms with Crippen molar-refractivity contribution in [3.05, 3.63) is 72.2 Å². The fourth-order valence-electron chi connectivity index (χ4n) is 3.24. The second kappa shape index (κ2) is 7.45. The zero-order valence-corrected chi connectivity index (χ0v) is 14.7. The lowest BCUT2D eigenvalue weighted by molar-refractivity contribution is -0.129. The monoisotopic (exact) mass is 361 g/mol. The van der Waals surface area contributed by atoms with E-state index in [9.17, 15) is 9.59 Å². The summed E-state index contributed by atoms with van der Waals surface area (Å²) in [5.74, 6) is 0.00680. The standard InChI is InChI=1S/C21H19N3O3/c25-20-11-18(13-24(20)14-19-6-3-9-27-19)21(26)23-22-12-15-7-8-16-4-1-2-5-17(16)10-15/h1-10,12,18H,11,13-14H2,(H,23,26)/b22-12+. The van der Waals surface area contributed by atoms with Crippen molar-refractivity contribution in [2.45, 2.75) is 13.0 Å². The van der Waals surface area contributed by atoms with Gasteiger partial charge in [0, 0.05) is 13.0 Å². The molecule has 6 heteroatoms. The average Bonchev–Trinajstić information content (AvgIpc) is 3.32. The van der Waals surface area contributed by atoms with Gasteiger partial charge in [-0.2, -0.15) is 5.10 Å². The van der Waals surface area contributed by atoms with Gasteiger partial charge in [-0.15, -0.1) is 0 Å². The molecule has 0 spiro atoms. The van der Waals surface area contributed by atoms with Crippen molar-refractivity contribution in [1.29, 1.82) is 0 Å². The fourth-order valence-corrected chi connectivity index (χ4v) is 3.24. The molecule has 2 heterocycles. The summed E-state index contributed by atoms with van der Waals surface area (Å²) < 4.78 is 5.27. The van der Waals surface area contributed by atoms with Gasteiger partial charge in [0.25, 0.3) is 0 Å². The van der Waals surface area contributed by atoms with Crippen LogP contribution in [0.1, 0.15) is 17.7 Å². The van der Waals surface area contributed by atoms with Gasteiger partial charge in [0.2, 0.25) is 11.8 Å². The minimum Gasteiger partial charge on any atom is -0.467 e. The third kappa shape index (κ3) is 3.89. The van der Waals surface area contributed by atoms with Crippen molar-refractivity contribution in [3.63, 3.8) is 0 Å². The summed E-state index contributed by atoms with van der Waals surface area (Å²) in [6, 6.07) is 17.6. The number of benzene rings is 2. The van der Waals surface area contributed by atoms with E-state index in [-0.39, 0.29) is 18.2 Å². The fraction of sp³-hybridized carbons (Fsp3) is 0.190. The molecule has 3 aromatic rings. The first-order valence-corrected chi connectivity index (χ1v) is 8.81. The normalized spacial score (nSPS) is 17.1. The number of rotatable bonds is 5. The zero-order chi connectivity index (χ0) is 18.6. The van der Waals surface area contributed by atoms with E-state index in [2.05, 4.69) is 10.5 Å². The lowest BCUT2D eigenvalue weighted by Crippen LogP contribution is -2.30. The first-order chi connectivity index (χ1) is 13.2. The second-order valence-corrected chi connectivity index (χ2v) is 6.60.